The number of hydrogen-bond donors (Lipinski definition) is 3. The third-order valence-electron chi connectivity index (χ3n) is 4.07. The molecular formula is C17H21N5O2. The van der Waals surface area contributed by atoms with Crippen molar-refractivity contribution in [1.29, 1.82) is 0 Å². The Balaban J connectivity index is 1.56. The maximum Gasteiger partial charge on any atom is 0.286 e. The van der Waals surface area contributed by atoms with E-state index in [0.717, 1.165) is 18.9 Å². The Kier molecular flexibility index (Phi) is 5.10. The monoisotopic (exact) mass is 327 g/mol. The topological polar surface area (TPSA) is 90.1 Å². The molecule has 0 spiro atoms. The summed E-state index contributed by atoms with van der Waals surface area (Å²) < 4.78 is 0. The normalized spacial score (nSPS) is 14.8. The molecule has 0 unspecified atom stereocenters. The second-order valence-corrected chi connectivity index (χ2v) is 5.80. The summed E-state index contributed by atoms with van der Waals surface area (Å²) in [7, 11) is 0. The smallest absolute Gasteiger partial charge is 0.286 e. The summed E-state index contributed by atoms with van der Waals surface area (Å²) in [5.41, 5.74) is 5.53. The summed E-state index contributed by atoms with van der Waals surface area (Å²) in [6.45, 7) is 2.01. The fourth-order valence-corrected chi connectivity index (χ4v) is 2.73. The highest BCUT2D eigenvalue weighted by Gasteiger charge is 2.13. The van der Waals surface area contributed by atoms with Crippen LogP contribution >= 0.6 is 0 Å². The summed E-state index contributed by atoms with van der Waals surface area (Å²) in [4.78, 5) is 33.2. The van der Waals surface area contributed by atoms with E-state index in [1.54, 1.807) is 24.4 Å². The van der Waals surface area contributed by atoms with E-state index in [1.807, 2.05) is 6.07 Å². The number of nitrogens with one attached hydrogen (secondary N) is 3. The third-order valence-corrected chi connectivity index (χ3v) is 4.07. The maximum atomic E-state index is 12.1. The van der Waals surface area contributed by atoms with Gasteiger partial charge in [0.15, 0.2) is 0 Å². The van der Waals surface area contributed by atoms with Gasteiger partial charge in [-0.05, 0) is 37.1 Å². The Hall–Kier alpha value is -2.83. The van der Waals surface area contributed by atoms with Gasteiger partial charge in [0.1, 0.15) is 11.5 Å². The van der Waals surface area contributed by atoms with Crippen LogP contribution in [-0.4, -0.2) is 34.9 Å². The molecule has 2 amide bonds. The van der Waals surface area contributed by atoms with Gasteiger partial charge in [-0.25, -0.2) is 4.98 Å². The summed E-state index contributed by atoms with van der Waals surface area (Å²) in [5.74, 6) is 0.0937. The minimum atomic E-state index is -0.400. The third kappa shape index (κ3) is 3.92. The van der Waals surface area contributed by atoms with Gasteiger partial charge in [-0.2, -0.15) is 0 Å². The van der Waals surface area contributed by atoms with E-state index in [4.69, 9.17) is 0 Å². The van der Waals surface area contributed by atoms with E-state index in [0.29, 0.717) is 11.3 Å². The van der Waals surface area contributed by atoms with Crippen LogP contribution in [0.2, 0.25) is 0 Å². The molecule has 1 fully saturated rings. The molecule has 0 aromatic carbocycles. The zero-order valence-corrected chi connectivity index (χ0v) is 13.4. The number of pyridine rings is 1. The molecule has 3 N–H and O–H groups in total. The highest BCUT2D eigenvalue weighted by molar-refractivity contribution is 5.98. The molecule has 3 rings (SSSR count). The first-order valence-electron chi connectivity index (χ1n) is 8.19. The molecule has 1 aliphatic heterocycles. The van der Waals surface area contributed by atoms with E-state index < -0.39 is 11.8 Å². The Bertz CT molecular complexity index is 674. The predicted molar refractivity (Wildman–Crippen MR) is 90.6 cm³/mol. The molecule has 0 saturated carbocycles. The quantitative estimate of drug-likeness (QED) is 0.751. The molecule has 126 valence electrons. The highest BCUT2D eigenvalue weighted by atomic mass is 16.2. The van der Waals surface area contributed by atoms with Crippen molar-refractivity contribution in [3.05, 3.63) is 47.9 Å². The molecule has 0 atom stereocenters. The van der Waals surface area contributed by atoms with Crippen LogP contribution in [0.1, 0.15) is 46.5 Å². The fraction of sp³-hybridized carbons (Fsp3) is 0.353. The van der Waals surface area contributed by atoms with Gasteiger partial charge >= 0.3 is 0 Å². The van der Waals surface area contributed by atoms with Crippen LogP contribution in [0.3, 0.4) is 0 Å². The second-order valence-electron chi connectivity index (χ2n) is 5.80. The van der Waals surface area contributed by atoms with Crippen molar-refractivity contribution in [3.63, 3.8) is 0 Å². The first kappa shape index (κ1) is 16.0. The molecule has 0 radical (unpaired) electrons. The lowest BCUT2D eigenvalue weighted by Gasteiger charge is -2.21. The average Bonchev–Trinajstić information content (AvgIpc) is 3.02. The van der Waals surface area contributed by atoms with Gasteiger partial charge in [-0.1, -0.05) is 12.8 Å². The van der Waals surface area contributed by atoms with Gasteiger partial charge in [0, 0.05) is 25.5 Å². The van der Waals surface area contributed by atoms with Gasteiger partial charge in [0.25, 0.3) is 11.8 Å². The van der Waals surface area contributed by atoms with Crippen molar-refractivity contribution in [2.75, 3.05) is 18.0 Å². The molecule has 0 aliphatic carbocycles. The summed E-state index contributed by atoms with van der Waals surface area (Å²) in [6.07, 6.45) is 8.05. The lowest BCUT2D eigenvalue weighted by molar-refractivity contribution is 0.0844. The summed E-state index contributed by atoms with van der Waals surface area (Å²) >= 11 is 0. The first-order chi connectivity index (χ1) is 11.7. The number of amides is 2. The summed E-state index contributed by atoms with van der Waals surface area (Å²) in [5, 5.41) is 0. The van der Waals surface area contributed by atoms with Crippen LogP contribution in [0.25, 0.3) is 0 Å². The lowest BCUT2D eigenvalue weighted by atomic mass is 10.2. The molecule has 1 aliphatic rings. The Morgan fingerprint density at radius 2 is 1.75 bits per heavy atom. The van der Waals surface area contributed by atoms with E-state index in [2.05, 4.69) is 25.7 Å². The molecule has 1 saturated heterocycles. The standard InChI is InChI=1S/C17H21N5O2/c23-16(20-21-17(24)14-6-5-9-18-14)13-7-8-15(19-12-13)22-10-3-1-2-4-11-22/h5-9,12,18H,1-4,10-11H2,(H,20,23)(H,21,24). The number of hydrogen-bond acceptors (Lipinski definition) is 4. The summed E-state index contributed by atoms with van der Waals surface area (Å²) in [6, 6.07) is 6.91. The maximum absolute atomic E-state index is 12.1. The van der Waals surface area contributed by atoms with Crippen molar-refractivity contribution in [2.45, 2.75) is 25.7 Å². The van der Waals surface area contributed by atoms with E-state index in [9.17, 15) is 9.59 Å². The van der Waals surface area contributed by atoms with Gasteiger partial charge in [-0.3, -0.25) is 20.4 Å². The van der Waals surface area contributed by atoms with Gasteiger partial charge in [0.2, 0.25) is 0 Å². The predicted octanol–water partition coefficient (Wildman–Crippen LogP) is 1.86. The zero-order valence-electron chi connectivity index (χ0n) is 13.4. The van der Waals surface area contributed by atoms with Crippen LogP contribution < -0.4 is 15.8 Å². The fourth-order valence-electron chi connectivity index (χ4n) is 2.73. The van der Waals surface area contributed by atoms with Crippen LogP contribution in [0.5, 0.6) is 0 Å². The number of aromatic amines is 1. The van der Waals surface area contributed by atoms with Gasteiger partial charge in [-0.15, -0.1) is 0 Å². The van der Waals surface area contributed by atoms with Crippen molar-refractivity contribution in [3.8, 4) is 0 Å². The SMILES string of the molecule is O=C(NNC(=O)c1ccc[nH]1)c1ccc(N2CCCCCC2)nc1. The number of hydrazine groups is 1. The van der Waals surface area contributed by atoms with Crippen LogP contribution in [0, 0.1) is 0 Å². The van der Waals surface area contributed by atoms with E-state index in [1.165, 1.54) is 31.9 Å². The Morgan fingerprint density at radius 3 is 2.38 bits per heavy atom. The number of nitrogens with zero attached hydrogens (tertiary/aromatic N) is 2. The number of anilines is 1. The molecule has 0 bridgehead atoms. The zero-order chi connectivity index (χ0) is 16.8. The van der Waals surface area contributed by atoms with Crippen molar-refractivity contribution in [1.82, 2.24) is 20.8 Å². The first-order valence-corrected chi connectivity index (χ1v) is 8.19. The number of H-pyrrole nitrogens is 1. The molecule has 24 heavy (non-hydrogen) atoms. The molecule has 2 aromatic rings. The lowest BCUT2D eigenvalue weighted by Crippen LogP contribution is -2.41. The second kappa shape index (κ2) is 7.63. The number of carbonyl (C=O) groups excluding carboxylic acids is 2. The van der Waals surface area contributed by atoms with Gasteiger partial charge in [0.05, 0.1) is 5.56 Å². The van der Waals surface area contributed by atoms with E-state index >= 15 is 0 Å². The van der Waals surface area contributed by atoms with Crippen molar-refractivity contribution < 1.29 is 9.59 Å². The van der Waals surface area contributed by atoms with Crippen LogP contribution in [0.4, 0.5) is 5.82 Å². The number of aromatic nitrogens is 2. The largest absolute Gasteiger partial charge is 0.357 e. The number of rotatable bonds is 3. The minimum absolute atomic E-state index is 0.380. The van der Waals surface area contributed by atoms with Crippen LogP contribution in [-0.2, 0) is 0 Å². The van der Waals surface area contributed by atoms with E-state index in [-0.39, 0.29) is 0 Å². The molecule has 2 aromatic heterocycles. The minimum Gasteiger partial charge on any atom is -0.357 e. The molecule has 7 heteroatoms. The Labute approximate surface area is 140 Å². The Morgan fingerprint density at radius 1 is 1.00 bits per heavy atom. The molecular weight excluding hydrogens is 306 g/mol. The van der Waals surface area contributed by atoms with Gasteiger partial charge < -0.3 is 9.88 Å². The highest BCUT2D eigenvalue weighted by Crippen LogP contribution is 2.17. The molecule has 7 nitrogen and oxygen atoms in total. The average molecular weight is 327 g/mol. The van der Waals surface area contributed by atoms with Crippen LogP contribution in [0.15, 0.2) is 36.7 Å². The van der Waals surface area contributed by atoms with Crippen molar-refractivity contribution in [2.24, 2.45) is 0 Å². The molecule has 3 heterocycles. The van der Waals surface area contributed by atoms with Crippen molar-refractivity contribution >= 4 is 17.6 Å². The number of carbonyl (C=O) groups is 2.